The lowest BCUT2D eigenvalue weighted by molar-refractivity contribution is 0.545. The van der Waals surface area contributed by atoms with Gasteiger partial charge in [-0.05, 0) is 25.8 Å². The zero-order valence-electron chi connectivity index (χ0n) is 11.5. The van der Waals surface area contributed by atoms with Crippen LogP contribution in [0.15, 0.2) is 36.5 Å². The number of allylic oxidation sites excluding steroid dienone is 1. The standard InChI is InChI=1S/C16H21N3/c1-12(17-14-7-3-4-8-14)11-19-16-10-6-5-9-15(16)13(2)18-19/h5-6,9-10,14,17H,1,3-4,7-8,11H2,2H3. The van der Waals surface area contributed by atoms with E-state index in [-0.39, 0.29) is 0 Å². The molecule has 1 saturated carbocycles. The molecule has 0 aliphatic heterocycles. The second kappa shape index (κ2) is 5.08. The van der Waals surface area contributed by atoms with E-state index in [2.05, 4.69) is 52.9 Å². The van der Waals surface area contributed by atoms with Crippen molar-refractivity contribution in [2.24, 2.45) is 0 Å². The molecule has 2 aromatic rings. The number of benzene rings is 1. The van der Waals surface area contributed by atoms with Crippen LogP contribution in [0, 0.1) is 6.92 Å². The average Bonchev–Trinajstić information content (AvgIpc) is 3.00. The van der Waals surface area contributed by atoms with Gasteiger partial charge in [-0.1, -0.05) is 37.6 Å². The molecule has 1 aromatic heterocycles. The molecule has 1 aliphatic rings. The lowest BCUT2D eigenvalue weighted by atomic mass is 10.2. The topological polar surface area (TPSA) is 29.9 Å². The summed E-state index contributed by atoms with van der Waals surface area (Å²) in [5.74, 6) is 0. The molecule has 0 radical (unpaired) electrons. The van der Waals surface area contributed by atoms with Crippen molar-refractivity contribution < 1.29 is 0 Å². The summed E-state index contributed by atoms with van der Waals surface area (Å²) >= 11 is 0. The van der Waals surface area contributed by atoms with Gasteiger partial charge in [0.2, 0.25) is 0 Å². The minimum atomic E-state index is 0.621. The summed E-state index contributed by atoms with van der Waals surface area (Å²) < 4.78 is 2.05. The van der Waals surface area contributed by atoms with Crippen molar-refractivity contribution >= 4 is 10.9 Å². The molecular formula is C16H21N3. The molecule has 1 aliphatic carbocycles. The number of aryl methyl sites for hydroxylation is 1. The molecule has 1 fully saturated rings. The summed E-state index contributed by atoms with van der Waals surface area (Å²) in [5.41, 5.74) is 3.35. The first kappa shape index (κ1) is 12.3. The van der Waals surface area contributed by atoms with Gasteiger partial charge >= 0.3 is 0 Å². The molecule has 0 unspecified atom stereocenters. The summed E-state index contributed by atoms with van der Waals surface area (Å²) in [5, 5.41) is 9.40. The van der Waals surface area contributed by atoms with Gasteiger partial charge in [-0.3, -0.25) is 4.68 Å². The summed E-state index contributed by atoms with van der Waals surface area (Å²) in [4.78, 5) is 0. The second-order valence-electron chi connectivity index (χ2n) is 5.49. The van der Waals surface area contributed by atoms with Crippen LogP contribution >= 0.6 is 0 Å². The number of hydrogen-bond acceptors (Lipinski definition) is 2. The number of nitrogens with one attached hydrogen (secondary N) is 1. The van der Waals surface area contributed by atoms with Gasteiger partial charge in [-0.15, -0.1) is 0 Å². The monoisotopic (exact) mass is 255 g/mol. The van der Waals surface area contributed by atoms with E-state index in [1.54, 1.807) is 0 Å². The zero-order valence-corrected chi connectivity index (χ0v) is 11.5. The largest absolute Gasteiger partial charge is 0.385 e. The van der Waals surface area contributed by atoms with Gasteiger partial charge in [0.1, 0.15) is 0 Å². The van der Waals surface area contributed by atoms with Gasteiger partial charge in [-0.25, -0.2) is 0 Å². The smallest absolute Gasteiger partial charge is 0.0807 e. The van der Waals surface area contributed by atoms with E-state index < -0.39 is 0 Å². The van der Waals surface area contributed by atoms with Crippen molar-refractivity contribution in [3.05, 3.63) is 42.2 Å². The third kappa shape index (κ3) is 2.50. The summed E-state index contributed by atoms with van der Waals surface area (Å²) in [7, 11) is 0. The van der Waals surface area contributed by atoms with Gasteiger partial charge in [0.05, 0.1) is 17.8 Å². The van der Waals surface area contributed by atoms with Gasteiger partial charge in [0, 0.05) is 17.1 Å². The Balaban J connectivity index is 1.75. The van der Waals surface area contributed by atoms with Gasteiger partial charge in [0.15, 0.2) is 0 Å². The van der Waals surface area contributed by atoms with Gasteiger partial charge in [-0.2, -0.15) is 5.10 Å². The third-order valence-corrected chi connectivity index (χ3v) is 3.95. The Bertz CT molecular complexity index is 591. The number of aromatic nitrogens is 2. The van der Waals surface area contributed by atoms with Crippen LogP contribution in [0.2, 0.25) is 0 Å². The summed E-state index contributed by atoms with van der Waals surface area (Å²) in [6.07, 6.45) is 5.24. The first-order chi connectivity index (χ1) is 9.24. The molecule has 0 atom stereocenters. The van der Waals surface area contributed by atoms with Crippen LogP contribution in [0.25, 0.3) is 10.9 Å². The Morgan fingerprint density at radius 2 is 2.11 bits per heavy atom. The lowest BCUT2D eigenvalue weighted by Gasteiger charge is -2.16. The van der Waals surface area contributed by atoms with Crippen LogP contribution in [-0.4, -0.2) is 15.8 Å². The van der Waals surface area contributed by atoms with Crippen molar-refractivity contribution in [3.8, 4) is 0 Å². The fraction of sp³-hybridized carbons (Fsp3) is 0.438. The fourth-order valence-corrected chi connectivity index (χ4v) is 3.00. The van der Waals surface area contributed by atoms with E-state index >= 15 is 0 Å². The van der Waals surface area contributed by atoms with Crippen LogP contribution in [0.1, 0.15) is 31.4 Å². The molecule has 0 amide bonds. The molecule has 0 saturated heterocycles. The van der Waals surface area contributed by atoms with E-state index in [1.807, 2.05) is 0 Å². The normalized spacial score (nSPS) is 16.1. The Morgan fingerprint density at radius 3 is 2.89 bits per heavy atom. The Hall–Kier alpha value is -1.77. The molecule has 0 spiro atoms. The minimum absolute atomic E-state index is 0.621. The Labute approximate surface area is 114 Å². The SMILES string of the molecule is C=C(Cn1nc(C)c2ccccc21)NC1CCCC1. The molecule has 3 heteroatoms. The highest BCUT2D eigenvalue weighted by molar-refractivity contribution is 5.81. The van der Waals surface area contributed by atoms with Gasteiger partial charge < -0.3 is 5.32 Å². The minimum Gasteiger partial charge on any atom is -0.385 e. The molecule has 1 heterocycles. The number of nitrogens with zero attached hydrogens (tertiary/aromatic N) is 2. The molecule has 100 valence electrons. The average molecular weight is 255 g/mol. The fourth-order valence-electron chi connectivity index (χ4n) is 3.00. The van der Waals surface area contributed by atoms with Crippen LogP contribution in [0.3, 0.4) is 0 Å². The Kier molecular flexibility index (Phi) is 3.28. The molecule has 19 heavy (non-hydrogen) atoms. The highest BCUT2D eigenvalue weighted by atomic mass is 15.3. The molecule has 3 nitrogen and oxygen atoms in total. The van der Waals surface area contributed by atoms with Crippen molar-refractivity contribution in [2.45, 2.75) is 45.2 Å². The van der Waals surface area contributed by atoms with Gasteiger partial charge in [0.25, 0.3) is 0 Å². The van der Waals surface area contributed by atoms with E-state index in [9.17, 15) is 0 Å². The number of fused-ring (bicyclic) bond motifs is 1. The maximum absolute atomic E-state index is 4.62. The maximum atomic E-state index is 4.62. The van der Waals surface area contributed by atoms with Crippen LogP contribution in [-0.2, 0) is 6.54 Å². The third-order valence-electron chi connectivity index (χ3n) is 3.95. The van der Waals surface area contributed by atoms with Crippen molar-refractivity contribution in [1.29, 1.82) is 0 Å². The lowest BCUT2D eigenvalue weighted by Crippen LogP contribution is -2.27. The predicted octanol–water partition coefficient (Wildman–Crippen LogP) is 3.39. The van der Waals surface area contributed by atoms with E-state index in [0.29, 0.717) is 6.04 Å². The molecule has 3 rings (SSSR count). The summed E-state index contributed by atoms with van der Waals surface area (Å²) in [6.45, 7) is 6.97. The van der Waals surface area contributed by atoms with Crippen molar-refractivity contribution in [3.63, 3.8) is 0 Å². The number of hydrogen-bond donors (Lipinski definition) is 1. The second-order valence-corrected chi connectivity index (χ2v) is 5.49. The zero-order chi connectivity index (χ0) is 13.2. The summed E-state index contributed by atoms with van der Waals surface area (Å²) in [6, 6.07) is 9.00. The molecule has 1 aromatic carbocycles. The van der Waals surface area contributed by atoms with E-state index in [1.165, 1.54) is 36.6 Å². The van der Waals surface area contributed by atoms with E-state index in [4.69, 9.17) is 0 Å². The first-order valence-corrected chi connectivity index (χ1v) is 7.10. The molecular weight excluding hydrogens is 234 g/mol. The number of para-hydroxylation sites is 1. The van der Waals surface area contributed by atoms with Crippen LogP contribution in [0.4, 0.5) is 0 Å². The molecule has 0 bridgehead atoms. The highest BCUT2D eigenvalue weighted by Gasteiger charge is 2.15. The van der Waals surface area contributed by atoms with Crippen LogP contribution in [0.5, 0.6) is 0 Å². The van der Waals surface area contributed by atoms with Crippen molar-refractivity contribution in [1.82, 2.24) is 15.1 Å². The quantitative estimate of drug-likeness (QED) is 0.907. The van der Waals surface area contributed by atoms with E-state index in [0.717, 1.165) is 17.9 Å². The first-order valence-electron chi connectivity index (χ1n) is 7.10. The Morgan fingerprint density at radius 1 is 1.37 bits per heavy atom. The predicted molar refractivity (Wildman–Crippen MR) is 79.0 cm³/mol. The molecule has 1 N–H and O–H groups in total. The number of rotatable bonds is 4. The highest BCUT2D eigenvalue weighted by Crippen LogP contribution is 2.20. The van der Waals surface area contributed by atoms with Crippen LogP contribution < -0.4 is 5.32 Å². The van der Waals surface area contributed by atoms with Crippen molar-refractivity contribution in [2.75, 3.05) is 0 Å². The maximum Gasteiger partial charge on any atom is 0.0807 e.